The topological polar surface area (TPSA) is 74.5 Å². The van der Waals surface area contributed by atoms with Gasteiger partial charge in [-0.1, -0.05) is 17.7 Å². The molecule has 0 bridgehead atoms. The summed E-state index contributed by atoms with van der Waals surface area (Å²) in [5, 5.41) is 17.5. The Balaban J connectivity index is 2.27. The van der Waals surface area contributed by atoms with E-state index < -0.39 is 0 Å². The highest BCUT2D eigenvalue weighted by molar-refractivity contribution is 6.30. The number of anilines is 1. The van der Waals surface area contributed by atoms with Crippen molar-refractivity contribution in [2.24, 2.45) is 10.2 Å². The molecule has 0 amide bonds. The number of nitrogen functional groups attached to an aromatic ring is 1. The van der Waals surface area contributed by atoms with E-state index in [-0.39, 0.29) is 0 Å². The molecular weight excluding hydrogens is 248 g/mol. The molecule has 2 rings (SSSR count). The molecule has 0 saturated carbocycles. The van der Waals surface area contributed by atoms with E-state index in [9.17, 15) is 0 Å². The largest absolute Gasteiger partial charge is 0.398 e. The molecule has 0 spiro atoms. The Hall–Kier alpha value is -2.38. The van der Waals surface area contributed by atoms with Crippen LogP contribution in [0, 0.1) is 11.3 Å². The van der Waals surface area contributed by atoms with Gasteiger partial charge in [-0.15, -0.1) is 0 Å². The van der Waals surface area contributed by atoms with Crippen molar-refractivity contribution in [2.75, 3.05) is 5.73 Å². The summed E-state index contributed by atoms with van der Waals surface area (Å²) in [6.07, 6.45) is 0. The maximum atomic E-state index is 8.84. The Morgan fingerprint density at radius 3 is 2.44 bits per heavy atom. The SMILES string of the molecule is N#Cc1cc(/N=N/c2cccc(Cl)c2)ccc1N. The average molecular weight is 257 g/mol. The van der Waals surface area contributed by atoms with E-state index >= 15 is 0 Å². The third kappa shape index (κ3) is 2.84. The normalized spacial score (nSPS) is 10.4. The van der Waals surface area contributed by atoms with Crippen molar-refractivity contribution in [1.82, 2.24) is 0 Å². The minimum absolute atomic E-state index is 0.387. The third-order valence-electron chi connectivity index (χ3n) is 2.25. The van der Waals surface area contributed by atoms with Crippen LogP contribution in [0.5, 0.6) is 0 Å². The molecule has 0 unspecified atom stereocenters. The van der Waals surface area contributed by atoms with Gasteiger partial charge in [0.15, 0.2) is 0 Å². The summed E-state index contributed by atoms with van der Waals surface area (Å²) in [4.78, 5) is 0. The fourth-order valence-electron chi connectivity index (χ4n) is 1.36. The Morgan fingerprint density at radius 1 is 1.06 bits per heavy atom. The first-order valence-electron chi connectivity index (χ1n) is 5.16. The lowest BCUT2D eigenvalue weighted by molar-refractivity contribution is 1.23. The van der Waals surface area contributed by atoms with Crippen molar-refractivity contribution in [3.05, 3.63) is 53.1 Å². The molecule has 5 heteroatoms. The van der Waals surface area contributed by atoms with E-state index in [2.05, 4.69) is 10.2 Å². The molecule has 2 aromatic rings. The van der Waals surface area contributed by atoms with Gasteiger partial charge >= 0.3 is 0 Å². The lowest BCUT2D eigenvalue weighted by Gasteiger charge is -1.98. The van der Waals surface area contributed by atoms with Gasteiger partial charge in [0.2, 0.25) is 0 Å². The van der Waals surface area contributed by atoms with Crippen LogP contribution in [0.3, 0.4) is 0 Å². The van der Waals surface area contributed by atoms with Gasteiger partial charge in [0.1, 0.15) is 6.07 Å². The van der Waals surface area contributed by atoms with Gasteiger partial charge < -0.3 is 5.73 Å². The van der Waals surface area contributed by atoms with Gasteiger partial charge in [-0.3, -0.25) is 0 Å². The van der Waals surface area contributed by atoms with E-state index in [1.54, 1.807) is 42.5 Å². The highest BCUT2D eigenvalue weighted by Crippen LogP contribution is 2.23. The van der Waals surface area contributed by atoms with Gasteiger partial charge in [0.05, 0.1) is 16.9 Å². The van der Waals surface area contributed by atoms with Gasteiger partial charge in [-0.25, -0.2) is 0 Å². The fourth-order valence-corrected chi connectivity index (χ4v) is 1.54. The van der Waals surface area contributed by atoms with Crippen LogP contribution in [-0.4, -0.2) is 0 Å². The zero-order valence-electron chi connectivity index (χ0n) is 9.34. The summed E-state index contributed by atoms with van der Waals surface area (Å²) in [6, 6.07) is 14.0. The maximum absolute atomic E-state index is 8.84. The second-order valence-electron chi connectivity index (χ2n) is 3.56. The number of hydrogen-bond acceptors (Lipinski definition) is 4. The molecule has 2 aromatic carbocycles. The first-order valence-corrected chi connectivity index (χ1v) is 5.54. The number of rotatable bonds is 2. The molecule has 0 saturated heterocycles. The number of benzene rings is 2. The van der Waals surface area contributed by atoms with Crippen LogP contribution in [-0.2, 0) is 0 Å². The van der Waals surface area contributed by atoms with Gasteiger partial charge in [0, 0.05) is 10.7 Å². The minimum atomic E-state index is 0.387. The summed E-state index contributed by atoms with van der Waals surface area (Å²) in [6.45, 7) is 0. The number of nitriles is 1. The highest BCUT2D eigenvalue weighted by atomic mass is 35.5. The summed E-state index contributed by atoms with van der Waals surface area (Å²) >= 11 is 5.83. The summed E-state index contributed by atoms with van der Waals surface area (Å²) in [5.74, 6) is 0. The van der Waals surface area contributed by atoms with Gasteiger partial charge in [0.25, 0.3) is 0 Å². The Kier molecular flexibility index (Phi) is 3.56. The molecule has 0 aliphatic rings. The molecule has 4 nitrogen and oxygen atoms in total. The van der Waals surface area contributed by atoms with E-state index in [1.807, 2.05) is 6.07 Å². The predicted octanol–water partition coefficient (Wildman–Crippen LogP) is 4.21. The molecular formula is C13H9ClN4. The number of halogens is 1. The lowest BCUT2D eigenvalue weighted by atomic mass is 10.2. The summed E-state index contributed by atoms with van der Waals surface area (Å²) < 4.78 is 0. The molecule has 2 N–H and O–H groups in total. The van der Waals surface area contributed by atoms with Crippen LogP contribution in [0.1, 0.15) is 5.56 Å². The van der Waals surface area contributed by atoms with Crippen LogP contribution < -0.4 is 5.73 Å². The van der Waals surface area contributed by atoms with E-state index in [0.29, 0.717) is 27.6 Å². The lowest BCUT2D eigenvalue weighted by Crippen LogP contribution is -1.88. The third-order valence-corrected chi connectivity index (χ3v) is 2.48. The molecule has 0 aromatic heterocycles. The molecule has 0 aliphatic carbocycles. The van der Waals surface area contributed by atoms with Gasteiger partial charge in [-0.05, 0) is 36.4 Å². The van der Waals surface area contributed by atoms with Gasteiger partial charge in [-0.2, -0.15) is 15.5 Å². The van der Waals surface area contributed by atoms with Crippen molar-refractivity contribution in [3.8, 4) is 6.07 Å². The van der Waals surface area contributed by atoms with Crippen LogP contribution in [0.2, 0.25) is 5.02 Å². The Labute approximate surface area is 109 Å². The maximum Gasteiger partial charge on any atom is 0.101 e. The molecule has 0 fully saturated rings. The summed E-state index contributed by atoms with van der Waals surface area (Å²) in [7, 11) is 0. The molecule has 0 heterocycles. The van der Waals surface area contributed by atoms with Crippen molar-refractivity contribution >= 4 is 28.7 Å². The smallest absolute Gasteiger partial charge is 0.101 e. The van der Waals surface area contributed by atoms with Crippen LogP contribution in [0.15, 0.2) is 52.7 Å². The number of nitrogens with two attached hydrogens (primary N) is 1. The number of azo groups is 1. The van der Waals surface area contributed by atoms with Crippen LogP contribution in [0.4, 0.5) is 17.1 Å². The molecule has 0 atom stereocenters. The molecule has 0 radical (unpaired) electrons. The van der Waals surface area contributed by atoms with Crippen molar-refractivity contribution in [3.63, 3.8) is 0 Å². The standard InChI is InChI=1S/C13H9ClN4/c14-10-2-1-3-11(7-10)17-18-12-4-5-13(16)9(6-12)8-15/h1-7H,16H2/b18-17+. The van der Waals surface area contributed by atoms with E-state index in [1.165, 1.54) is 0 Å². The first kappa shape index (κ1) is 12.1. The fraction of sp³-hybridized carbons (Fsp3) is 0. The summed E-state index contributed by atoms with van der Waals surface area (Å²) in [5.41, 5.74) is 7.65. The molecule has 18 heavy (non-hydrogen) atoms. The Morgan fingerprint density at radius 2 is 1.78 bits per heavy atom. The van der Waals surface area contributed by atoms with Crippen molar-refractivity contribution in [2.45, 2.75) is 0 Å². The zero-order valence-corrected chi connectivity index (χ0v) is 10.1. The number of hydrogen-bond donors (Lipinski definition) is 1. The first-order chi connectivity index (χ1) is 8.69. The second kappa shape index (κ2) is 5.30. The highest BCUT2D eigenvalue weighted by Gasteiger charge is 1.99. The minimum Gasteiger partial charge on any atom is -0.398 e. The quantitative estimate of drug-likeness (QED) is 0.645. The van der Waals surface area contributed by atoms with Crippen molar-refractivity contribution in [1.29, 1.82) is 5.26 Å². The van der Waals surface area contributed by atoms with Crippen molar-refractivity contribution < 1.29 is 0 Å². The van der Waals surface area contributed by atoms with E-state index in [0.717, 1.165) is 0 Å². The predicted molar refractivity (Wildman–Crippen MR) is 71.2 cm³/mol. The van der Waals surface area contributed by atoms with Crippen LogP contribution >= 0.6 is 11.6 Å². The average Bonchev–Trinajstić information content (AvgIpc) is 2.38. The monoisotopic (exact) mass is 256 g/mol. The van der Waals surface area contributed by atoms with E-state index in [4.69, 9.17) is 22.6 Å². The second-order valence-corrected chi connectivity index (χ2v) is 4.00. The number of nitrogens with zero attached hydrogens (tertiary/aromatic N) is 3. The Bertz CT molecular complexity index is 644. The molecule has 88 valence electrons. The van der Waals surface area contributed by atoms with Crippen LogP contribution in [0.25, 0.3) is 0 Å². The molecule has 0 aliphatic heterocycles. The zero-order chi connectivity index (χ0) is 13.0.